The minimum absolute atomic E-state index is 0.0619. The monoisotopic (exact) mass is 233 g/mol. The fourth-order valence-electron chi connectivity index (χ4n) is 4.15. The van der Waals surface area contributed by atoms with Crippen LogP contribution in [-0.2, 0) is 5.41 Å². The molecule has 2 aliphatic carbocycles. The van der Waals surface area contributed by atoms with Gasteiger partial charge in [0.2, 0.25) is 0 Å². The zero-order valence-electron chi connectivity index (χ0n) is 10.2. The molecular weight excluding hydrogens is 213 g/mol. The van der Waals surface area contributed by atoms with Gasteiger partial charge in [-0.15, -0.1) is 0 Å². The first-order valence-corrected chi connectivity index (χ1v) is 6.64. The molecule has 1 aromatic carbocycles. The van der Waals surface area contributed by atoms with Gasteiger partial charge in [-0.2, -0.15) is 0 Å². The topological polar surface area (TPSA) is 26.0 Å². The van der Waals surface area contributed by atoms with Gasteiger partial charge < -0.3 is 5.73 Å². The van der Waals surface area contributed by atoms with E-state index in [1.54, 1.807) is 6.07 Å². The SMILES string of the molecule is NCC1(c2cccc(F)c2)CC2(CCCC2)C1. The second-order valence-electron chi connectivity index (χ2n) is 6.06. The van der Waals surface area contributed by atoms with Gasteiger partial charge in [0, 0.05) is 12.0 Å². The molecule has 3 rings (SSSR count). The van der Waals surface area contributed by atoms with E-state index < -0.39 is 0 Å². The molecule has 17 heavy (non-hydrogen) atoms. The maximum atomic E-state index is 13.3. The summed E-state index contributed by atoms with van der Waals surface area (Å²) in [6.45, 7) is 0.651. The third-order valence-corrected chi connectivity index (χ3v) is 4.92. The molecule has 0 aliphatic heterocycles. The molecule has 2 fully saturated rings. The van der Waals surface area contributed by atoms with Crippen LogP contribution < -0.4 is 5.73 Å². The lowest BCUT2D eigenvalue weighted by molar-refractivity contribution is 0.0327. The van der Waals surface area contributed by atoms with Crippen molar-refractivity contribution < 1.29 is 4.39 Å². The van der Waals surface area contributed by atoms with Crippen LogP contribution in [0.3, 0.4) is 0 Å². The van der Waals surface area contributed by atoms with Crippen molar-refractivity contribution in [2.24, 2.45) is 11.1 Å². The Bertz CT molecular complexity index is 413. The van der Waals surface area contributed by atoms with E-state index in [1.165, 1.54) is 44.6 Å². The molecule has 0 saturated heterocycles. The van der Waals surface area contributed by atoms with E-state index in [0.717, 1.165) is 5.56 Å². The lowest BCUT2D eigenvalue weighted by atomic mass is 9.50. The number of hydrogen-bond acceptors (Lipinski definition) is 1. The largest absolute Gasteiger partial charge is 0.330 e. The summed E-state index contributed by atoms with van der Waals surface area (Å²) in [5.74, 6) is -0.136. The van der Waals surface area contributed by atoms with Crippen LogP contribution in [0.15, 0.2) is 24.3 Å². The normalized spacial score (nSPS) is 24.8. The third-order valence-electron chi connectivity index (χ3n) is 4.92. The molecule has 92 valence electrons. The van der Waals surface area contributed by atoms with Crippen LogP contribution in [0, 0.1) is 11.2 Å². The van der Waals surface area contributed by atoms with Gasteiger partial charge in [-0.25, -0.2) is 4.39 Å². The van der Waals surface area contributed by atoms with Crippen molar-refractivity contribution in [2.75, 3.05) is 6.54 Å². The van der Waals surface area contributed by atoms with Crippen molar-refractivity contribution in [2.45, 2.75) is 43.9 Å². The van der Waals surface area contributed by atoms with E-state index in [9.17, 15) is 4.39 Å². The van der Waals surface area contributed by atoms with Crippen LogP contribution in [0.5, 0.6) is 0 Å². The van der Waals surface area contributed by atoms with Gasteiger partial charge in [-0.1, -0.05) is 25.0 Å². The van der Waals surface area contributed by atoms with Crippen molar-refractivity contribution in [3.63, 3.8) is 0 Å². The molecule has 0 radical (unpaired) electrons. The third kappa shape index (κ3) is 1.70. The van der Waals surface area contributed by atoms with E-state index in [1.807, 2.05) is 12.1 Å². The predicted molar refractivity (Wildman–Crippen MR) is 67.3 cm³/mol. The predicted octanol–water partition coefficient (Wildman–Crippen LogP) is 3.38. The van der Waals surface area contributed by atoms with E-state index >= 15 is 0 Å². The van der Waals surface area contributed by atoms with Gasteiger partial charge in [0.05, 0.1) is 0 Å². The molecule has 1 nitrogen and oxygen atoms in total. The minimum atomic E-state index is -0.136. The molecule has 0 unspecified atom stereocenters. The number of halogens is 1. The summed E-state index contributed by atoms with van der Waals surface area (Å²) in [5, 5.41) is 0. The van der Waals surface area contributed by atoms with Crippen molar-refractivity contribution in [1.82, 2.24) is 0 Å². The molecule has 2 N–H and O–H groups in total. The van der Waals surface area contributed by atoms with Crippen molar-refractivity contribution in [3.8, 4) is 0 Å². The van der Waals surface area contributed by atoms with Crippen LogP contribution in [0.4, 0.5) is 4.39 Å². The van der Waals surface area contributed by atoms with Gasteiger partial charge in [0.15, 0.2) is 0 Å². The Morgan fingerprint density at radius 3 is 2.47 bits per heavy atom. The molecule has 0 heterocycles. The van der Waals surface area contributed by atoms with Crippen molar-refractivity contribution >= 4 is 0 Å². The first kappa shape index (κ1) is 11.2. The van der Waals surface area contributed by atoms with Crippen LogP contribution in [0.2, 0.25) is 0 Å². The Balaban J connectivity index is 1.85. The first-order valence-electron chi connectivity index (χ1n) is 6.64. The van der Waals surface area contributed by atoms with Gasteiger partial charge in [-0.05, 0) is 48.8 Å². The molecule has 2 saturated carbocycles. The quantitative estimate of drug-likeness (QED) is 0.832. The zero-order valence-corrected chi connectivity index (χ0v) is 10.2. The maximum Gasteiger partial charge on any atom is 0.123 e. The fraction of sp³-hybridized carbons (Fsp3) is 0.600. The summed E-state index contributed by atoms with van der Waals surface area (Å²) < 4.78 is 13.3. The second-order valence-corrected chi connectivity index (χ2v) is 6.06. The van der Waals surface area contributed by atoms with E-state index in [-0.39, 0.29) is 11.2 Å². The Morgan fingerprint density at radius 2 is 1.88 bits per heavy atom. The lowest BCUT2D eigenvalue weighted by Gasteiger charge is -2.55. The molecule has 0 amide bonds. The Labute approximate surface area is 102 Å². The van der Waals surface area contributed by atoms with Crippen LogP contribution in [0.1, 0.15) is 44.1 Å². The number of hydrogen-bond donors (Lipinski definition) is 1. The van der Waals surface area contributed by atoms with Gasteiger partial charge in [-0.3, -0.25) is 0 Å². The molecule has 2 aliphatic rings. The molecule has 1 spiro atoms. The highest BCUT2D eigenvalue weighted by atomic mass is 19.1. The molecule has 1 aromatic rings. The number of benzene rings is 1. The lowest BCUT2D eigenvalue weighted by Crippen LogP contribution is -2.52. The van der Waals surface area contributed by atoms with E-state index in [4.69, 9.17) is 5.73 Å². The molecule has 2 heteroatoms. The number of rotatable bonds is 2. The summed E-state index contributed by atoms with van der Waals surface area (Å²) in [7, 11) is 0. The van der Waals surface area contributed by atoms with Crippen LogP contribution in [0.25, 0.3) is 0 Å². The highest BCUT2D eigenvalue weighted by molar-refractivity contribution is 5.32. The minimum Gasteiger partial charge on any atom is -0.330 e. The maximum absolute atomic E-state index is 13.3. The molecule has 0 atom stereocenters. The fourth-order valence-corrected chi connectivity index (χ4v) is 4.15. The first-order chi connectivity index (χ1) is 8.18. The van der Waals surface area contributed by atoms with Gasteiger partial charge in [0.1, 0.15) is 5.82 Å². The van der Waals surface area contributed by atoms with Crippen LogP contribution in [-0.4, -0.2) is 6.54 Å². The van der Waals surface area contributed by atoms with Crippen LogP contribution >= 0.6 is 0 Å². The Hall–Kier alpha value is -0.890. The smallest absolute Gasteiger partial charge is 0.123 e. The summed E-state index contributed by atoms with van der Waals surface area (Å²) in [4.78, 5) is 0. The number of nitrogens with two attached hydrogens (primary N) is 1. The van der Waals surface area contributed by atoms with E-state index in [0.29, 0.717) is 12.0 Å². The summed E-state index contributed by atoms with van der Waals surface area (Å²) in [6.07, 6.45) is 7.77. The Kier molecular flexibility index (Phi) is 2.51. The summed E-state index contributed by atoms with van der Waals surface area (Å²) in [6, 6.07) is 7.03. The molecule has 0 bridgehead atoms. The van der Waals surface area contributed by atoms with Crippen molar-refractivity contribution in [1.29, 1.82) is 0 Å². The summed E-state index contributed by atoms with van der Waals surface area (Å²) in [5.41, 5.74) is 7.70. The van der Waals surface area contributed by atoms with Gasteiger partial charge in [0.25, 0.3) is 0 Å². The molecular formula is C15H20FN. The standard InChI is InChI=1S/C15H20FN/c16-13-5-3-4-12(8-13)15(11-17)9-14(10-15)6-1-2-7-14/h3-5,8H,1-2,6-7,9-11,17H2. The highest BCUT2D eigenvalue weighted by Crippen LogP contribution is 2.62. The average Bonchev–Trinajstić information content (AvgIpc) is 2.75. The van der Waals surface area contributed by atoms with E-state index in [2.05, 4.69) is 0 Å². The second kappa shape index (κ2) is 3.81. The summed E-state index contributed by atoms with van der Waals surface area (Å²) >= 11 is 0. The highest BCUT2D eigenvalue weighted by Gasteiger charge is 2.55. The van der Waals surface area contributed by atoms with Gasteiger partial charge >= 0.3 is 0 Å². The zero-order chi connectivity index (χ0) is 11.9. The average molecular weight is 233 g/mol. The van der Waals surface area contributed by atoms with Crippen molar-refractivity contribution in [3.05, 3.63) is 35.6 Å². The Morgan fingerprint density at radius 1 is 1.18 bits per heavy atom. The molecule has 0 aromatic heterocycles.